The third-order valence-corrected chi connectivity index (χ3v) is 8.11. The van der Waals surface area contributed by atoms with E-state index in [1.165, 1.54) is 36.8 Å². The van der Waals surface area contributed by atoms with E-state index in [1.807, 2.05) is 19.9 Å². The fraction of sp³-hybridized carbons (Fsp3) is 0.654. The van der Waals surface area contributed by atoms with Crippen LogP contribution in [0.2, 0.25) is 0 Å². The Morgan fingerprint density at radius 2 is 2.00 bits per heavy atom. The number of nitrogens with zero attached hydrogens (tertiary/aromatic N) is 1. The number of carbonyl (C=O) groups is 3. The van der Waals surface area contributed by atoms with Crippen molar-refractivity contribution in [2.75, 3.05) is 13.6 Å². The first-order valence-electron chi connectivity index (χ1n) is 12.3. The molecular weight excluding hydrogens is 420 g/mol. The average Bonchev–Trinajstić information content (AvgIpc) is 2.78. The van der Waals surface area contributed by atoms with Crippen LogP contribution in [-0.2, 0) is 26.2 Å². The Morgan fingerprint density at radius 1 is 1.21 bits per heavy atom. The van der Waals surface area contributed by atoms with Crippen LogP contribution in [0.3, 0.4) is 0 Å². The Balaban J connectivity index is 1.53. The summed E-state index contributed by atoms with van der Waals surface area (Å²) in [6.45, 7) is 4.77. The second-order valence-electron chi connectivity index (χ2n) is 10.4. The van der Waals surface area contributed by atoms with Gasteiger partial charge in [0, 0.05) is 17.9 Å². The van der Waals surface area contributed by atoms with Gasteiger partial charge in [0.2, 0.25) is 5.91 Å². The summed E-state index contributed by atoms with van der Waals surface area (Å²) in [4.78, 5) is 38.4. The molecule has 1 aliphatic heterocycles. The number of nitrogens with one attached hydrogen (secondary N) is 1. The van der Waals surface area contributed by atoms with Crippen molar-refractivity contribution in [3.05, 3.63) is 29.3 Å². The number of likely N-dealkylation sites (N-methyl/N-ethyl adjacent to an activating group) is 1. The number of hydrogen-bond acceptors (Lipinski definition) is 5. The molecule has 4 atom stereocenters. The molecule has 7 heteroatoms. The zero-order valence-electron chi connectivity index (χ0n) is 19.9. The molecule has 0 aromatic heterocycles. The third kappa shape index (κ3) is 4.65. The maximum absolute atomic E-state index is 13.0. The first-order chi connectivity index (χ1) is 15.7. The van der Waals surface area contributed by atoms with Crippen molar-refractivity contribution >= 4 is 17.8 Å². The summed E-state index contributed by atoms with van der Waals surface area (Å²) in [5, 5.41) is 11.4. The number of esters is 1. The highest BCUT2D eigenvalue weighted by Gasteiger charge is 2.53. The van der Waals surface area contributed by atoms with Crippen LogP contribution in [0.1, 0.15) is 69.9 Å². The summed E-state index contributed by atoms with van der Waals surface area (Å²) in [6, 6.07) is 5.83. The molecule has 2 bridgehead atoms. The molecule has 1 saturated carbocycles. The Kier molecular flexibility index (Phi) is 6.80. The molecule has 33 heavy (non-hydrogen) atoms. The minimum atomic E-state index is -1.04. The molecule has 0 radical (unpaired) electrons. The van der Waals surface area contributed by atoms with Gasteiger partial charge < -0.3 is 20.1 Å². The number of carbonyl (C=O) groups excluding carboxylic acids is 2. The minimum absolute atomic E-state index is 0.163. The summed E-state index contributed by atoms with van der Waals surface area (Å²) in [6.07, 6.45) is 6.74. The van der Waals surface area contributed by atoms with E-state index in [1.54, 1.807) is 0 Å². The molecule has 1 aromatic rings. The molecule has 1 saturated heterocycles. The number of carboxylic acids is 1. The maximum Gasteiger partial charge on any atom is 0.334 e. The number of amides is 1. The van der Waals surface area contributed by atoms with Gasteiger partial charge in [-0.15, -0.1) is 0 Å². The molecule has 2 fully saturated rings. The van der Waals surface area contributed by atoms with E-state index < -0.39 is 23.9 Å². The van der Waals surface area contributed by atoms with E-state index in [0.717, 1.165) is 19.4 Å². The van der Waals surface area contributed by atoms with Gasteiger partial charge in [-0.1, -0.05) is 32.8 Å². The standard InChI is InChI=1S/C26H36N2O5/c1-16(2)24(27-22(29)9-10-23(30)31)25(32)33-18-8-7-17-14-21-19-6-4-5-11-26(19,20(17)15-18)12-13-28(21)3/h7-8,15-16,19,21,24H,4-6,9-14H2,1-3H3,(H,27,29)(H,30,31)/t19?,21-,24?,26-/m1/s1. The number of likely N-dealkylation sites (tertiary alicyclic amines) is 1. The molecule has 2 unspecified atom stereocenters. The third-order valence-electron chi connectivity index (χ3n) is 8.11. The first kappa shape index (κ1) is 23.7. The predicted octanol–water partition coefficient (Wildman–Crippen LogP) is 3.29. The van der Waals surface area contributed by atoms with Crippen molar-refractivity contribution in [1.29, 1.82) is 0 Å². The van der Waals surface area contributed by atoms with E-state index in [-0.39, 0.29) is 24.2 Å². The van der Waals surface area contributed by atoms with Crippen LogP contribution in [0.25, 0.3) is 0 Å². The average molecular weight is 457 g/mol. The van der Waals surface area contributed by atoms with E-state index in [4.69, 9.17) is 9.84 Å². The van der Waals surface area contributed by atoms with Crippen molar-refractivity contribution < 1.29 is 24.2 Å². The number of aliphatic carboxylic acids is 1. The lowest BCUT2D eigenvalue weighted by Crippen LogP contribution is -2.59. The minimum Gasteiger partial charge on any atom is -0.481 e. The molecule has 1 aromatic carbocycles. The molecule has 180 valence electrons. The second kappa shape index (κ2) is 9.45. The lowest BCUT2D eigenvalue weighted by atomic mass is 9.52. The van der Waals surface area contributed by atoms with Crippen LogP contribution in [0.4, 0.5) is 0 Å². The maximum atomic E-state index is 13.0. The molecule has 4 rings (SSSR count). The van der Waals surface area contributed by atoms with Gasteiger partial charge in [-0.2, -0.15) is 0 Å². The molecule has 1 amide bonds. The van der Waals surface area contributed by atoms with Gasteiger partial charge in [0.1, 0.15) is 11.8 Å². The molecule has 7 nitrogen and oxygen atoms in total. The molecule has 2 N–H and O–H groups in total. The van der Waals surface area contributed by atoms with E-state index in [0.29, 0.717) is 17.7 Å². The van der Waals surface area contributed by atoms with Crippen LogP contribution < -0.4 is 10.1 Å². The van der Waals surface area contributed by atoms with Crippen molar-refractivity contribution in [2.45, 2.75) is 82.7 Å². The summed E-state index contributed by atoms with van der Waals surface area (Å²) in [7, 11) is 2.25. The van der Waals surface area contributed by atoms with E-state index >= 15 is 0 Å². The Bertz CT molecular complexity index is 929. The second-order valence-corrected chi connectivity index (χ2v) is 10.4. The zero-order chi connectivity index (χ0) is 23.8. The van der Waals surface area contributed by atoms with Crippen LogP contribution >= 0.6 is 0 Å². The molecule has 3 aliphatic rings. The van der Waals surface area contributed by atoms with Gasteiger partial charge in [-0.25, -0.2) is 4.79 Å². The first-order valence-corrected chi connectivity index (χ1v) is 12.3. The fourth-order valence-electron chi connectivity index (χ4n) is 6.38. The van der Waals surface area contributed by atoms with E-state index in [9.17, 15) is 14.4 Å². The van der Waals surface area contributed by atoms with Crippen molar-refractivity contribution in [3.63, 3.8) is 0 Å². The smallest absolute Gasteiger partial charge is 0.334 e. The summed E-state index contributed by atoms with van der Waals surface area (Å²) < 4.78 is 5.79. The van der Waals surface area contributed by atoms with Crippen molar-refractivity contribution in [2.24, 2.45) is 11.8 Å². The summed E-state index contributed by atoms with van der Waals surface area (Å²) in [5.41, 5.74) is 2.90. The highest BCUT2D eigenvalue weighted by atomic mass is 16.5. The molecule has 1 heterocycles. The summed E-state index contributed by atoms with van der Waals surface area (Å²) in [5.74, 6) is -1.01. The summed E-state index contributed by atoms with van der Waals surface area (Å²) >= 11 is 0. The normalized spacial score (nSPS) is 27.3. The number of piperidine rings is 1. The molecule has 2 aliphatic carbocycles. The lowest BCUT2D eigenvalue weighted by molar-refractivity contribution is -0.141. The number of benzene rings is 1. The number of rotatable bonds is 7. The Labute approximate surface area is 195 Å². The topological polar surface area (TPSA) is 95.9 Å². The van der Waals surface area contributed by atoms with Crippen LogP contribution in [0.5, 0.6) is 5.75 Å². The largest absolute Gasteiger partial charge is 0.481 e. The van der Waals surface area contributed by atoms with Gasteiger partial charge in [-0.05, 0) is 74.4 Å². The van der Waals surface area contributed by atoms with Crippen LogP contribution in [0.15, 0.2) is 18.2 Å². The lowest BCUT2D eigenvalue weighted by Gasteiger charge is -2.58. The number of hydrogen-bond donors (Lipinski definition) is 2. The van der Waals surface area contributed by atoms with Gasteiger partial charge >= 0.3 is 11.9 Å². The number of carboxylic acid groups (broad SMARTS) is 1. The van der Waals surface area contributed by atoms with Gasteiger partial charge in [0.15, 0.2) is 0 Å². The highest BCUT2D eigenvalue weighted by molar-refractivity contribution is 5.87. The zero-order valence-corrected chi connectivity index (χ0v) is 19.9. The number of ether oxygens (including phenoxy) is 1. The van der Waals surface area contributed by atoms with Crippen molar-refractivity contribution in [1.82, 2.24) is 10.2 Å². The van der Waals surface area contributed by atoms with Crippen LogP contribution in [0, 0.1) is 11.8 Å². The number of fused-ring (bicyclic) bond motifs is 1. The quantitative estimate of drug-likeness (QED) is 0.483. The van der Waals surface area contributed by atoms with Gasteiger partial charge in [0.25, 0.3) is 0 Å². The monoisotopic (exact) mass is 456 g/mol. The predicted molar refractivity (Wildman–Crippen MR) is 124 cm³/mol. The fourth-order valence-corrected chi connectivity index (χ4v) is 6.38. The SMILES string of the molecule is CC(C)C(NC(=O)CCC(=O)O)C(=O)Oc1ccc2c(c1)[C@@]13CCCCC1[C@@H](C2)N(C)CC3. The van der Waals surface area contributed by atoms with Crippen molar-refractivity contribution in [3.8, 4) is 5.75 Å². The highest BCUT2D eigenvalue weighted by Crippen LogP contribution is 2.55. The Hall–Kier alpha value is -2.41. The molecular formula is C26H36N2O5. The molecule has 0 spiro atoms. The van der Waals surface area contributed by atoms with Gasteiger partial charge in [-0.3, -0.25) is 9.59 Å². The van der Waals surface area contributed by atoms with Crippen LogP contribution in [-0.4, -0.2) is 53.5 Å². The Morgan fingerprint density at radius 3 is 2.73 bits per heavy atom. The van der Waals surface area contributed by atoms with Gasteiger partial charge in [0.05, 0.1) is 6.42 Å². The van der Waals surface area contributed by atoms with E-state index in [2.05, 4.69) is 29.4 Å².